The average Bonchev–Trinajstić information content (AvgIpc) is 2.75. The van der Waals surface area contributed by atoms with Crippen molar-refractivity contribution in [2.24, 2.45) is 5.73 Å². The molecule has 1 heterocycles. The Hall–Kier alpha value is -1.39. The Morgan fingerprint density at radius 2 is 2.12 bits per heavy atom. The third-order valence-electron chi connectivity index (χ3n) is 2.95. The van der Waals surface area contributed by atoms with Crippen LogP contribution >= 0.6 is 0 Å². The molecular formula is C13H18N2O2. The van der Waals surface area contributed by atoms with Crippen molar-refractivity contribution >= 4 is 5.91 Å². The number of amides is 1. The first kappa shape index (κ1) is 12.1. The number of hydrogen-bond donors (Lipinski definition) is 2. The number of hydrogen-bond acceptors (Lipinski definition) is 3. The standard InChI is InChI=1S/C13H18N2O2/c1-13(2,8-14)15-12(16)9-3-4-10-6-17-7-11(10)5-9/h3-5H,6-8,14H2,1-2H3,(H,15,16). The van der Waals surface area contributed by atoms with Gasteiger partial charge in [0.05, 0.1) is 13.2 Å². The van der Waals surface area contributed by atoms with E-state index in [1.165, 1.54) is 5.56 Å². The summed E-state index contributed by atoms with van der Waals surface area (Å²) in [5, 5.41) is 2.91. The molecule has 2 rings (SSSR count). The Labute approximate surface area is 101 Å². The lowest BCUT2D eigenvalue weighted by Gasteiger charge is -2.24. The number of ether oxygens (including phenoxy) is 1. The summed E-state index contributed by atoms with van der Waals surface area (Å²) in [6.07, 6.45) is 0. The summed E-state index contributed by atoms with van der Waals surface area (Å²) in [7, 11) is 0. The van der Waals surface area contributed by atoms with E-state index >= 15 is 0 Å². The number of fused-ring (bicyclic) bond motifs is 1. The maximum absolute atomic E-state index is 12.0. The van der Waals surface area contributed by atoms with Crippen LogP contribution in [0, 0.1) is 0 Å². The van der Waals surface area contributed by atoms with Gasteiger partial charge in [-0.3, -0.25) is 4.79 Å². The van der Waals surface area contributed by atoms with Crippen LogP contribution in [0.2, 0.25) is 0 Å². The maximum Gasteiger partial charge on any atom is 0.251 e. The molecule has 0 saturated heterocycles. The van der Waals surface area contributed by atoms with Crippen LogP contribution in [0.5, 0.6) is 0 Å². The minimum atomic E-state index is -0.382. The quantitative estimate of drug-likeness (QED) is 0.825. The molecule has 4 heteroatoms. The maximum atomic E-state index is 12.0. The highest BCUT2D eigenvalue weighted by Gasteiger charge is 2.20. The summed E-state index contributed by atoms with van der Waals surface area (Å²) in [5.74, 6) is -0.0878. The zero-order valence-corrected chi connectivity index (χ0v) is 10.2. The Morgan fingerprint density at radius 1 is 1.41 bits per heavy atom. The van der Waals surface area contributed by atoms with Crippen LogP contribution in [0.4, 0.5) is 0 Å². The molecule has 0 aliphatic carbocycles. The normalized spacial score (nSPS) is 14.5. The van der Waals surface area contributed by atoms with Crippen molar-refractivity contribution in [2.75, 3.05) is 6.54 Å². The topological polar surface area (TPSA) is 64.3 Å². The van der Waals surface area contributed by atoms with E-state index in [9.17, 15) is 4.79 Å². The van der Waals surface area contributed by atoms with Crippen LogP contribution in [-0.2, 0) is 18.0 Å². The molecule has 0 saturated carbocycles. The van der Waals surface area contributed by atoms with Crippen molar-refractivity contribution in [2.45, 2.75) is 32.6 Å². The van der Waals surface area contributed by atoms with E-state index in [2.05, 4.69) is 5.32 Å². The lowest BCUT2D eigenvalue weighted by atomic mass is 10.0. The van der Waals surface area contributed by atoms with E-state index < -0.39 is 0 Å². The highest BCUT2D eigenvalue weighted by atomic mass is 16.5. The van der Waals surface area contributed by atoms with Gasteiger partial charge in [-0.05, 0) is 37.1 Å². The summed E-state index contributed by atoms with van der Waals surface area (Å²) in [6.45, 7) is 5.46. The second-order valence-electron chi connectivity index (χ2n) is 5.02. The smallest absolute Gasteiger partial charge is 0.251 e. The summed E-state index contributed by atoms with van der Waals surface area (Å²) in [5.41, 5.74) is 8.14. The van der Waals surface area contributed by atoms with Crippen LogP contribution in [0.25, 0.3) is 0 Å². The molecule has 1 aromatic rings. The second-order valence-corrected chi connectivity index (χ2v) is 5.02. The van der Waals surface area contributed by atoms with Crippen molar-refractivity contribution in [3.8, 4) is 0 Å². The van der Waals surface area contributed by atoms with Gasteiger partial charge in [0.25, 0.3) is 5.91 Å². The fourth-order valence-electron chi connectivity index (χ4n) is 1.74. The van der Waals surface area contributed by atoms with Crippen molar-refractivity contribution in [1.82, 2.24) is 5.32 Å². The molecule has 1 amide bonds. The number of nitrogens with two attached hydrogens (primary N) is 1. The molecule has 1 aliphatic rings. The summed E-state index contributed by atoms with van der Waals surface area (Å²) in [4.78, 5) is 12.0. The molecule has 4 nitrogen and oxygen atoms in total. The zero-order valence-electron chi connectivity index (χ0n) is 10.2. The molecule has 1 aromatic carbocycles. The molecule has 0 bridgehead atoms. The third kappa shape index (κ3) is 2.65. The van der Waals surface area contributed by atoms with E-state index in [4.69, 9.17) is 10.5 Å². The molecule has 92 valence electrons. The van der Waals surface area contributed by atoms with Gasteiger partial charge in [0.15, 0.2) is 0 Å². The van der Waals surface area contributed by atoms with Crippen molar-refractivity contribution in [1.29, 1.82) is 0 Å². The van der Waals surface area contributed by atoms with Crippen LogP contribution in [0.3, 0.4) is 0 Å². The number of carbonyl (C=O) groups excluding carboxylic acids is 1. The minimum absolute atomic E-state index is 0.0878. The first-order valence-corrected chi connectivity index (χ1v) is 5.74. The van der Waals surface area contributed by atoms with Gasteiger partial charge in [0.2, 0.25) is 0 Å². The van der Waals surface area contributed by atoms with Crippen molar-refractivity contribution in [3.63, 3.8) is 0 Å². The Balaban J connectivity index is 2.15. The van der Waals surface area contributed by atoms with E-state index in [1.807, 2.05) is 32.0 Å². The van der Waals surface area contributed by atoms with Gasteiger partial charge in [0.1, 0.15) is 0 Å². The third-order valence-corrected chi connectivity index (χ3v) is 2.95. The van der Waals surface area contributed by atoms with E-state index in [0.29, 0.717) is 25.3 Å². The first-order chi connectivity index (χ1) is 8.02. The molecular weight excluding hydrogens is 216 g/mol. The van der Waals surface area contributed by atoms with Gasteiger partial charge in [-0.1, -0.05) is 6.07 Å². The lowest BCUT2D eigenvalue weighted by molar-refractivity contribution is 0.0915. The van der Waals surface area contributed by atoms with E-state index in [-0.39, 0.29) is 11.4 Å². The SMILES string of the molecule is CC(C)(CN)NC(=O)c1ccc2c(c1)COC2. The number of nitrogens with one attached hydrogen (secondary N) is 1. The molecule has 0 fully saturated rings. The molecule has 1 aliphatic heterocycles. The predicted molar refractivity (Wildman–Crippen MR) is 65.5 cm³/mol. The van der Waals surface area contributed by atoms with Gasteiger partial charge >= 0.3 is 0 Å². The monoisotopic (exact) mass is 234 g/mol. The van der Waals surface area contributed by atoms with Crippen LogP contribution < -0.4 is 11.1 Å². The highest BCUT2D eigenvalue weighted by Crippen LogP contribution is 2.21. The average molecular weight is 234 g/mol. The Kier molecular flexibility index (Phi) is 3.17. The highest BCUT2D eigenvalue weighted by molar-refractivity contribution is 5.95. The summed E-state index contributed by atoms with van der Waals surface area (Å²) >= 11 is 0. The Bertz CT molecular complexity index is 441. The van der Waals surface area contributed by atoms with Crippen LogP contribution in [-0.4, -0.2) is 18.0 Å². The fourth-order valence-corrected chi connectivity index (χ4v) is 1.74. The van der Waals surface area contributed by atoms with Crippen molar-refractivity contribution < 1.29 is 9.53 Å². The molecule has 0 radical (unpaired) electrons. The van der Waals surface area contributed by atoms with Gasteiger partial charge in [-0.15, -0.1) is 0 Å². The number of rotatable bonds is 3. The number of carbonyl (C=O) groups is 1. The van der Waals surface area contributed by atoms with Gasteiger partial charge in [0, 0.05) is 17.6 Å². The molecule has 0 unspecified atom stereocenters. The van der Waals surface area contributed by atoms with Gasteiger partial charge in [-0.2, -0.15) is 0 Å². The predicted octanol–water partition coefficient (Wildman–Crippen LogP) is 1.18. The van der Waals surface area contributed by atoms with Gasteiger partial charge in [-0.25, -0.2) is 0 Å². The van der Waals surface area contributed by atoms with Crippen LogP contribution in [0.1, 0.15) is 35.3 Å². The van der Waals surface area contributed by atoms with Crippen LogP contribution in [0.15, 0.2) is 18.2 Å². The van der Waals surface area contributed by atoms with E-state index in [1.54, 1.807) is 0 Å². The molecule has 0 aromatic heterocycles. The minimum Gasteiger partial charge on any atom is -0.372 e. The molecule has 0 atom stereocenters. The van der Waals surface area contributed by atoms with Gasteiger partial charge < -0.3 is 15.8 Å². The second kappa shape index (κ2) is 4.47. The largest absolute Gasteiger partial charge is 0.372 e. The first-order valence-electron chi connectivity index (χ1n) is 5.74. The molecule has 17 heavy (non-hydrogen) atoms. The summed E-state index contributed by atoms with van der Waals surface area (Å²) < 4.78 is 5.32. The summed E-state index contributed by atoms with van der Waals surface area (Å²) in [6, 6.07) is 5.67. The fraction of sp³-hybridized carbons (Fsp3) is 0.462. The number of benzene rings is 1. The van der Waals surface area contributed by atoms with E-state index in [0.717, 1.165) is 5.56 Å². The van der Waals surface area contributed by atoms with Crippen molar-refractivity contribution in [3.05, 3.63) is 34.9 Å². The Morgan fingerprint density at radius 3 is 2.82 bits per heavy atom. The molecule has 3 N–H and O–H groups in total. The lowest BCUT2D eigenvalue weighted by Crippen LogP contribution is -2.48. The zero-order chi connectivity index (χ0) is 12.5. The molecule has 0 spiro atoms.